The van der Waals surface area contributed by atoms with Gasteiger partial charge in [-0.2, -0.15) is 0 Å². The summed E-state index contributed by atoms with van der Waals surface area (Å²) < 4.78 is 5.25. The van der Waals surface area contributed by atoms with E-state index in [0.717, 1.165) is 19.4 Å². The second-order valence-corrected chi connectivity index (χ2v) is 3.79. The van der Waals surface area contributed by atoms with Crippen LogP contribution in [0.3, 0.4) is 0 Å². The molecule has 0 aliphatic carbocycles. The molecule has 1 saturated heterocycles. The van der Waals surface area contributed by atoms with E-state index in [1.807, 2.05) is 6.92 Å². The fraction of sp³-hybridized carbons (Fsp3) is 0.889. The van der Waals surface area contributed by atoms with Gasteiger partial charge in [-0.3, -0.25) is 4.79 Å². The maximum absolute atomic E-state index is 11.4. The smallest absolute Gasteiger partial charge is 0.224 e. The predicted molar refractivity (Wildman–Crippen MR) is 51.9 cm³/mol. The Balaban J connectivity index is 2.26. The zero-order valence-corrected chi connectivity index (χ0v) is 8.64. The molecule has 0 aromatic carbocycles. The molecule has 0 radical (unpaired) electrons. The van der Waals surface area contributed by atoms with Gasteiger partial charge in [0.25, 0.3) is 0 Å². The number of hydrogen-bond acceptors (Lipinski definition) is 2. The molecular formula is C9H16ClNO2. The Morgan fingerprint density at radius 1 is 1.77 bits per heavy atom. The summed E-state index contributed by atoms with van der Waals surface area (Å²) in [5.41, 5.74) is 0. The van der Waals surface area contributed by atoms with Crippen molar-refractivity contribution >= 4 is 17.5 Å². The largest absolute Gasteiger partial charge is 0.379 e. The van der Waals surface area contributed by atoms with E-state index in [4.69, 9.17) is 16.3 Å². The summed E-state index contributed by atoms with van der Waals surface area (Å²) in [5.74, 6) is 0.300. The van der Waals surface area contributed by atoms with E-state index in [1.165, 1.54) is 0 Å². The van der Waals surface area contributed by atoms with Crippen LogP contribution in [0.15, 0.2) is 0 Å². The van der Waals surface area contributed by atoms with Gasteiger partial charge in [-0.15, -0.1) is 11.6 Å². The molecule has 1 rings (SSSR count). The first-order chi connectivity index (χ1) is 6.24. The summed E-state index contributed by atoms with van der Waals surface area (Å²) in [6.45, 7) is 3.28. The summed E-state index contributed by atoms with van der Waals surface area (Å²) in [6, 6.07) is 0.187. The SMILES string of the molecule is CC(CCl)C(=O)NC1CCCOC1. The van der Waals surface area contributed by atoms with Gasteiger partial charge in [0.2, 0.25) is 5.91 Å². The van der Waals surface area contributed by atoms with E-state index in [-0.39, 0.29) is 17.9 Å². The van der Waals surface area contributed by atoms with Gasteiger partial charge in [0.05, 0.1) is 12.6 Å². The van der Waals surface area contributed by atoms with Gasteiger partial charge in [-0.25, -0.2) is 0 Å². The van der Waals surface area contributed by atoms with Crippen LogP contribution in [-0.4, -0.2) is 31.0 Å². The molecule has 0 aromatic heterocycles. The Hall–Kier alpha value is -0.280. The Morgan fingerprint density at radius 2 is 2.54 bits per heavy atom. The van der Waals surface area contributed by atoms with Crippen LogP contribution in [0.25, 0.3) is 0 Å². The second-order valence-electron chi connectivity index (χ2n) is 3.48. The van der Waals surface area contributed by atoms with Crippen molar-refractivity contribution in [3.63, 3.8) is 0 Å². The normalized spacial score (nSPS) is 25.2. The highest BCUT2D eigenvalue weighted by Gasteiger charge is 2.18. The van der Waals surface area contributed by atoms with Crippen LogP contribution in [0.2, 0.25) is 0 Å². The fourth-order valence-corrected chi connectivity index (χ4v) is 1.41. The number of ether oxygens (including phenoxy) is 1. The first-order valence-corrected chi connectivity index (χ1v) is 5.21. The van der Waals surface area contributed by atoms with Crippen molar-refractivity contribution < 1.29 is 9.53 Å². The van der Waals surface area contributed by atoms with Crippen molar-refractivity contribution in [2.24, 2.45) is 5.92 Å². The monoisotopic (exact) mass is 205 g/mol. The van der Waals surface area contributed by atoms with Gasteiger partial charge in [0.15, 0.2) is 0 Å². The van der Waals surface area contributed by atoms with Crippen molar-refractivity contribution in [1.82, 2.24) is 5.32 Å². The highest BCUT2D eigenvalue weighted by molar-refractivity contribution is 6.19. The molecule has 0 aromatic rings. The topological polar surface area (TPSA) is 38.3 Å². The van der Waals surface area contributed by atoms with Crippen molar-refractivity contribution in [2.75, 3.05) is 19.1 Å². The second kappa shape index (κ2) is 5.45. The van der Waals surface area contributed by atoms with Crippen molar-refractivity contribution in [1.29, 1.82) is 0 Å². The Labute approximate surface area is 83.8 Å². The van der Waals surface area contributed by atoms with Crippen molar-refractivity contribution in [3.8, 4) is 0 Å². The number of carbonyl (C=O) groups is 1. The molecule has 1 aliphatic heterocycles. The van der Waals surface area contributed by atoms with Gasteiger partial charge in [0.1, 0.15) is 0 Å². The minimum absolute atomic E-state index is 0.0329. The van der Waals surface area contributed by atoms with Crippen LogP contribution in [-0.2, 0) is 9.53 Å². The van der Waals surface area contributed by atoms with E-state index >= 15 is 0 Å². The van der Waals surface area contributed by atoms with Gasteiger partial charge >= 0.3 is 0 Å². The Bertz CT molecular complexity index is 169. The first-order valence-electron chi connectivity index (χ1n) is 4.68. The third-order valence-corrected chi connectivity index (χ3v) is 2.65. The molecule has 1 heterocycles. The van der Waals surface area contributed by atoms with Crippen LogP contribution in [0, 0.1) is 5.92 Å². The molecule has 0 bridgehead atoms. The Morgan fingerprint density at radius 3 is 3.08 bits per heavy atom. The molecule has 1 aliphatic rings. The first kappa shape index (κ1) is 10.8. The zero-order chi connectivity index (χ0) is 9.68. The zero-order valence-electron chi connectivity index (χ0n) is 7.88. The number of halogens is 1. The number of carbonyl (C=O) groups excluding carboxylic acids is 1. The van der Waals surface area contributed by atoms with E-state index in [2.05, 4.69) is 5.32 Å². The van der Waals surface area contributed by atoms with E-state index < -0.39 is 0 Å². The highest BCUT2D eigenvalue weighted by atomic mass is 35.5. The van der Waals surface area contributed by atoms with Crippen molar-refractivity contribution in [3.05, 3.63) is 0 Å². The molecule has 4 heteroatoms. The molecule has 1 N–H and O–H groups in total. The quantitative estimate of drug-likeness (QED) is 0.703. The molecule has 76 valence electrons. The molecule has 3 nitrogen and oxygen atoms in total. The summed E-state index contributed by atoms with van der Waals surface area (Å²) >= 11 is 5.57. The lowest BCUT2D eigenvalue weighted by Crippen LogP contribution is -2.43. The number of rotatable bonds is 3. The molecular weight excluding hydrogens is 190 g/mol. The molecule has 0 spiro atoms. The summed E-state index contributed by atoms with van der Waals surface area (Å²) in [5, 5.41) is 2.92. The van der Waals surface area contributed by atoms with E-state index in [0.29, 0.717) is 12.5 Å². The maximum atomic E-state index is 11.4. The van der Waals surface area contributed by atoms with Crippen LogP contribution in [0.4, 0.5) is 0 Å². The standard InChI is InChI=1S/C9H16ClNO2/c1-7(5-10)9(12)11-8-3-2-4-13-6-8/h7-8H,2-6H2,1H3,(H,11,12). The lowest BCUT2D eigenvalue weighted by Gasteiger charge is -2.24. The summed E-state index contributed by atoms with van der Waals surface area (Å²) in [6.07, 6.45) is 2.04. The fourth-order valence-electron chi connectivity index (χ4n) is 1.27. The number of alkyl halides is 1. The number of amides is 1. The lowest BCUT2D eigenvalue weighted by atomic mass is 10.1. The molecule has 2 atom stereocenters. The minimum Gasteiger partial charge on any atom is -0.379 e. The summed E-state index contributed by atoms with van der Waals surface area (Å²) in [7, 11) is 0. The molecule has 1 amide bonds. The number of hydrogen-bond donors (Lipinski definition) is 1. The maximum Gasteiger partial charge on any atom is 0.224 e. The van der Waals surface area contributed by atoms with Crippen molar-refractivity contribution in [2.45, 2.75) is 25.8 Å². The predicted octanol–water partition coefficient (Wildman–Crippen LogP) is 1.16. The number of nitrogens with one attached hydrogen (secondary N) is 1. The molecule has 1 fully saturated rings. The molecule has 2 unspecified atom stereocenters. The van der Waals surface area contributed by atoms with E-state index in [1.54, 1.807) is 0 Å². The van der Waals surface area contributed by atoms with Crippen LogP contribution >= 0.6 is 11.6 Å². The summed E-state index contributed by atoms with van der Waals surface area (Å²) in [4.78, 5) is 11.4. The Kier molecular flexibility index (Phi) is 4.53. The minimum atomic E-state index is -0.108. The van der Waals surface area contributed by atoms with Crippen LogP contribution in [0.5, 0.6) is 0 Å². The van der Waals surface area contributed by atoms with E-state index in [9.17, 15) is 4.79 Å². The molecule has 0 saturated carbocycles. The van der Waals surface area contributed by atoms with Gasteiger partial charge in [0, 0.05) is 18.4 Å². The average molecular weight is 206 g/mol. The van der Waals surface area contributed by atoms with Gasteiger partial charge < -0.3 is 10.1 Å². The average Bonchev–Trinajstić information content (AvgIpc) is 2.18. The third kappa shape index (κ3) is 3.53. The van der Waals surface area contributed by atoms with Crippen LogP contribution in [0.1, 0.15) is 19.8 Å². The third-order valence-electron chi connectivity index (χ3n) is 2.19. The highest BCUT2D eigenvalue weighted by Crippen LogP contribution is 2.07. The van der Waals surface area contributed by atoms with Gasteiger partial charge in [-0.1, -0.05) is 6.92 Å². The van der Waals surface area contributed by atoms with Gasteiger partial charge in [-0.05, 0) is 12.8 Å². The van der Waals surface area contributed by atoms with Crippen LogP contribution < -0.4 is 5.32 Å². The molecule has 13 heavy (non-hydrogen) atoms. The lowest BCUT2D eigenvalue weighted by molar-refractivity contribution is -0.125.